The van der Waals surface area contributed by atoms with E-state index in [0.717, 1.165) is 71.0 Å². The van der Waals surface area contributed by atoms with Gasteiger partial charge in [0, 0.05) is 44.3 Å². The zero-order chi connectivity index (χ0) is 30.2. The molecule has 0 radical (unpaired) electrons. The number of fused-ring (bicyclic) bond motifs is 2. The quantitative estimate of drug-likeness (QED) is 0.188. The minimum Gasteiger partial charge on any atom is -0.256 e. The molecule has 0 aliphatic carbocycles. The van der Waals surface area contributed by atoms with E-state index in [1.54, 1.807) is 0 Å². The summed E-state index contributed by atoms with van der Waals surface area (Å²) >= 11 is 3.79. The van der Waals surface area contributed by atoms with Gasteiger partial charge in [-0.1, -0.05) is 94.8 Å². The number of hydrogen-bond donors (Lipinski definition) is 0. The van der Waals surface area contributed by atoms with E-state index in [9.17, 15) is 0 Å². The topological polar surface area (TPSA) is 51.6 Å². The predicted octanol–water partition coefficient (Wildman–Crippen LogP) is 10.7. The van der Waals surface area contributed by atoms with Crippen molar-refractivity contribution in [3.05, 3.63) is 156 Å². The molecule has 0 fully saturated rings. The monoisotopic (exact) mass is 640 g/mol. The molecule has 3 heterocycles. The summed E-state index contributed by atoms with van der Waals surface area (Å²) in [5, 5.41) is 2.16. The van der Waals surface area contributed by atoms with Gasteiger partial charge in [-0.15, -0.1) is 0 Å². The standard InChI is InChI=1S/C40H25BrN4/c41-33-23-31(34-10-4-12-37-35(34)11-6-20-43-37)22-32(24-33)39-25-38(28-15-13-27(14-16-28)26-7-2-1-3-8-26)44-40(45-39)30-17-18-36-29(21-30)9-5-19-42-36/h1-25H. The molecule has 0 spiro atoms. The first-order chi connectivity index (χ1) is 22.2. The highest BCUT2D eigenvalue weighted by atomic mass is 79.9. The van der Waals surface area contributed by atoms with Gasteiger partial charge in [0.2, 0.25) is 0 Å². The normalized spacial score (nSPS) is 11.2. The fraction of sp³-hybridized carbons (Fsp3) is 0. The van der Waals surface area contributed by atoms with Gasteiger partial charge in [-0.2, -0.15) is 0 Å². The molecule has 0 aliphatic heterocycles. The van der Waals surface area contributed by atoms with Crippen LogP contribution in [-0.2, 0) is 0 Å². The maximum atomic E-state index is 5.14. The molecule has 8 aromatic rings. The number of rotatable bonds is 5. The average molecular weight is 642 g/mol. The zero-order valence-corrected chi connectivity index (χ0v) is 25.7. The summed E-state index contributed by atoms with van der Waals surface area (Å²) in [7, 11) is 0. The molecule has 8 rings (SSSR count). The van der Waals surface area contributed by atoms with Crippen LogP contribution in [0.1, 0.15) is 0 Å². The van der Waals surface area contributed by atoms with Gasteiger partial charge in [0.1, 0.15) is 0 Å². The van der Waals surface area contributed by atoms with Crippen molar-refractivity contribution in [2.24, 2.45) is 0 Å². The average Bonchev–Trinajstić information content (AvgIpc) is 3.11. The first-order valence-electron chi connectivity index (χ1n) is 14.7. The Kier molecular flexibility index (Phi) is 6.93. The van der Waals surface area contributed by atoms with Crippen LogP contribution in [-0.4, -0.2) is 19.9 Å². The van der Waals surface area contributed by atoms with Crippen molar-refractivity contribution < 1.29 is 0 Å². The van der Waals surface area contributed by atoms with Crippen molar-refractivity contribution in [2.75, 3.05) is 0 Å². The Labute approximate surface area is 269 Å². The van der Waals surface area contributed by atoms with Gasteiger partial charge in [-0.3, -0.25) is 9.97 Å². The highest BCUT2D eigenvalue weighted by molar-refractivity contribution is 9.10. The molecule has 5 aromatic carbocycles. The molecule has 0 saturated heterocycles. The minimum absolute atomic E-state index is 0.663. The molecule has 45 heavy (non-hydrogen) atoms. The van der Waals surface area contributed by atoms with E-state index in [1.165, 1.54) is 5.56 Å². The number of pyridine rings is 2. The number of nitrogens with zero attached hydrogens (tertiary/aromatic N) is 4. The van der Waals surface area contributed by atoms with Gasteiger partial charge in [-0.25, -0.2) is 9.97 Å². The highest BCUT2D eigenvalue weighted by Crippen LogP contribution is 2.36. The maximum Gasteiger partial charge on any atom is 0.160 e. The van der Waals surface area contributed by atoms with Gasteiger partial charge >= 0.3 is 0 Å². The van der Waals surface area contributed by atoms with E-state index in [-0.39, 0.29) is 0 Å². The molecule has 0 N–H and O–H groups in total. The summed E-state index contributed by atoms with van der Waals surface area (Å²) in [5.41, 5.74) is 11.1. The minimum atomic E-state index is 0.663. The van der Waals surface area contributed by atoms with Crippen molar-refractivity contribution in [3.8, 4) is 56.2 Å². The largest absolute Gasteiger partial charge is 0.256 e. The van der Waals surface area contributed by atoms with Gasteiger partial charge in [-0.05, 0) is 82.9 Å². The van der Waals surface area contributed by atoms with E-state index in [4.69, 9.17) is 9.97 Å². The van der Waals surface area contributed by atoms with Crippen molar-refractivity contribution in [1.82, 2.24) is 19.9 Å². The lowest BCUT2D eigenvalue weighted by Crippen LogP contribution is -1.97. The molecule has 0 saturated carbocycles. The van der Waals surface area contributed by atoms with E-state index in [1.807, 2.05) is 48.8 Å². The summed E-state index contributed by atoms with van der Waals surface area (Å²) < 4.78 is 0.974. The lowest BCUT2D eigenvalue weighted by Gasteiger charge is -2.13. The first kappa shape index (κ1) is 27.1. The Morgan fingerprint density at radius 2 is 1.11 bits per heavy atom. The number of hydrogen-bond acceptors (Lipinski definition) is 4. The van der Waals surface area contributed by atoms with Crippen LogP contribution in [0.25, 0.3) is 78.0 Å². The van der Waals surface area contributed by atoms with Crippen molar-refractivity contribution in [3.63, 3.8) is 0 Å². The Bertz CT molecular complexity index is 2330. The lowest BCUT2D eigenvalue weighted by atomic mass is 9.97. The molecule has 212 valence electrons. The van der Waals surface area contributed by atoms with Crippen LogP contribution < -0.4 is 0 Å². The molecular formula is C40H25BrN4. The third kappa shape index (κ3) is 5.39. The third-order valence-electron chi connectivity index (χ3n) is 8.03. The molecule has 3 aromatic heterocycles. The predicted molar refractivity (Wildman–Crippen MR) is 188 cm³/mol. The fourth-order valence-electron chi connectivity index (χ4n) is 5.80. The van der Waals surface area contributed by atoms with Crippen molar-refractivity contribution >= 4 is 37.7 Å². The Morgan fingerprint density at radius 3 is 1.96 bits per heavy atom. The molecule has 0 unspecified atom stereocenters. The second-order valence-electron chi connectivity index (χ2n) is 10.9. The summed E-state index contributed by atoms with van der Waals surface area (Å²) in [5.74, 6) is 0.663. The molecular weight excluding hydrogens is 616 g/mol. The fourth-order valence-corrected chi connectivity index (χ4v) is 6.29. The summed E-state index contributed by atoms with van der Waals surface area (Å²) in [6, 6.07) is 48.1. The van der Waals surface area contributed by atoms with Gasteiger partial charge in [0.05, 0.1) is 22.4 Å². The van der Waals surface area contributed by atoms with E-state index >= 15 is 0 Å². The van der Waals surface area contributed by atoms with Gasteiger partial charge < -0.3 is 0 Å². The van der Waals surface area contributed by atoms with E-state index < -0.39 is 0 Å². The molecule has 0 amide bonds. The Morgan fingerprint density at radius 1 is 0.422 bits per heavy atom. The van der Waals surface area contributed by atoms with Crippen LogP contribution in [0.5, 0.6) is 0 Å². The number of aromatic nitrogens is 4. The van der Waals surface area contributed by atoms with Crippen LogP contribution in [0.2, 0.25) is 0 Å². The second-order valence-corrected chi connectivity index (χ2v) is 11.8. The molecule has 5 heteroatoms. The maximum absolute atomic E-state index is 5.14. The molecule has 4 nitrogen and oxygen atoms in total. The molecule has 0 atom stereocenters. The number of benzene rings is 5. The van der Waals surface area contributed by atoms with Gasteiger partial charge in [0.15, 0.2) is 5.82 Å². The summed E-state index contributed by atoms with van der Waals surface area (Å²) in [6.07, 6.45) is 3.64. The Balaban J connectivity index is 1.29. The van der Waals surface area contributed by atoms with Crippen LogP contribution in [0.4, 0.5) is 0 Å². The third-order valence-corrected chi connectivity index (χ3v) is 8.48. The van der Waals surface area contributed by atoms with Gasteiger partial charge in [0.25, 0.3) is 0 Å². The highest BCUT2D eigenvalue weighted by Gasteiger charge is 2.14. The van der Waals surface area contributed by atoms with Crippen LogP contribution in [0.15, 0.2) is 156 Å². The molecule has 0 aliphatic rings. The van der Waals surface area contributed by atoms with Crippen LogP contribution in [0, 0.1) is 0 Å². The van der Waals surface area contributed by atoms with Crippen LogP contribution in [0.3, 0.4) is 0 Å². The Hall–Kier alpha value is -5.52. The van der Waals surface area contributed by atoms with Crippen LogP contribution >= 0.6 is 15.9 Å². The summed E-state index contributed by atoms with van der Waals surface area (Å²) in [4.78, 5) is 19.3. The zero-order valence-electron chi connectivity index (χ0n) is 24.1. The second kappa shape index (κ2) is 11.5. The lowest BCUT2D eigenvalue weighted by molar-refractivity contribution is 1.18. The van der Waals surface area contributed by atoms with E-state index in [2.05, 4.69) is 129 Å². The number of halogens is 1. The molecule has 0 bridgehead atoms. The van der Waals surface area contributed by atoms with Crippen molar-refractivity contribution in [2.45, 2.75) is 0 Å². The summed E-state index contributed by atoms with van der Waals surface area (Å²) in [6.45, 7) is 0. The SMILES string of the molecule is Brc1cc(-c2cc(-c3ccc(-c4ccccc4)cc3)nc(-c3ccc4ncccc4c3)n2)cc(-c2cccc3ncccc23)c1. The smallest absolute Gasteiger partial charge is 0.160 e. The first-order valence-corrected chi connectivity index (χ1v) is 15.5. The van der Waals surface area contributed by atoms with Crippen molar-refractivity contribution in [1.29, 1.82) is 0 Å². The van der Waals surface area contributed by atoms with E-state index in [0.29, 0.717) is 5.82 Å².